The molecule has 1 heterocycles. The first-order valence-corrected chi connectivity index (χ1v) is 6.08. The minimum atomic E-state index is -0.440. The third-order valence-electron chi connectivity index (χ3n) is 3.06. The minimum absolute atomic E-state index is 0.160. The molecule has 1 saturated heterocycles. The van der Waals surface area contributed by atoms with Crippen LogP contribution >= 0.6 is 0 Å². The molecule has 2 rings (SSSR count). The minimum Gasteiger partial charge on any atom is -0.398 e. The Bertz CT molecular complexity index is 431. The van der Waals surface area contributed by atoms with Gasteiger partial charge in [0.05, 0.1) is 12.2 Å². The topological polar surface area (TPSA) is 64.4 Å². The molecule has 18 heavy (non-hydrogen) atoms. The van der Waals surface area contributed by atoms with Gasteiger partial charge in [0.25, 0.3) is 5.91 Å². The van der Waals surface area contributed by atoms with Gasteiger partial charge in [-0.1, -0.05) is 0 Å². The lowest BCUT2D eigenvalue weighted by molar-refractivity contribution is 0.0536. The standard InChI is InChI=1S/C13H17FN2O2/c14-10-3-4-11(12(15)6-10)13(17)16-7-9-2-1-5-18-8-9/h3-4,6,9H,1-2,5,7-8,15H2,(H,16,17). The number of nitrogens with one attached hydrogen (secondary N) is 1. The number of carbonyl (C=O) groups is 1. The Balaban J connectivity index is 1.90. The lowest BCUT2D eigenvalue weighted by Gasteiger charge is -2.22. The molecule has 1 aliphatic heterocycles. The van der Waals surface area contributed by atoms with Crippen LogP contribution in [0.4, 0.5) is 10.1 Å². The number of amides is 1. The quantitative estimate of drug-likeness (QED) is 0.802. The average molecular weight is 252 g/mol. The number of ether oxygens (including phenoxy) is 1. The molecule has 1 aromatic rings. The number of hydrogen-bond acceptors (Lipinski definition) is 3. The van der Waals surface area contributed by atoms with Crippen molar-refractivity contribution in [1.29, 1.82) is 0 Å². The van der Waals surface area contributed by atoms with E-state index in [1.54, 1.807) is 0 Å². The maximum Gasteiger partial charge on any atom is 0.253 e. The maximum absolute atomic E-state index is 12.9. The van der Waals surface area contributed by atoms with E-state index in [4.69, 9.17) is 10.5 Å². The summed E-state index contributed by atoms with van der Waals surface area (Å²) in [5.41, 5.74) is 6.08. The molecule has 1 aliphatic rings. The summed E-state index contributed by atoms with van der Waals surface area (Å²) < 4.78 is 18.2. The Morgan fingerprint density at radius 1 is 1.56 bits per heavy atom. The Morgan fingerprint density at radius 3 is 3.06 bits per heavy atom. The molecule has 4 nitrogen and oxygen atoms in total. The zero-order valence-electron chi connectivity index (χ0n) is 10.1. The molecule has 0 bridgehead atoms. The molecule has 1 amide bonds. The number of rotatable bonds is 3. The van der Waals surface area contributed by atoms with Crippen molar-refractivity contribution in [2.75, 3.05) is 25.5 Å². The summed E-state index contributed by atoms with van der Waals surface area (Å²) in [7, 11) is 0. The van der Waals surface area contributed by atoms with E-state index in [0.29, 0.717) is 24.6 Å². The Hall–Kier alpha value is -1.62. The second-order valence-electron chi connectivity index (χ2n) is 4.52. The van der Waals surface area contributed by atoms with Crippen LogP contribution in [-0.4, -0.2) is 25.7 Å². The van der Waals surface area contributed by atoms with E-state index in [1.807, 2.05) is 0 Å². The van der Waals surface area contributed by atoms with Crippen LogP contribution in [0.25, 0.3) is 0 Å². The number of benzene rings is 1. The summed E-state index contributed by atoms with van der Waals surface area (Å²) in [4.78, 5) is 11.9. The lowest BCUT2D eigenvalue weighted by Crippen LogP contribution is -2.33. The molecule has 1 unspecified atom stereocenters. The fourth-order valence-corrected chi connectivity index (χ4v) is 2.04. The predicted molar refractivity (Wildman–Crippen MR) is 66.7 cm³/mol. The summed E-state index contributed by atoms with van der Waals surface area (Å²) in [5.74, 6) is -0.354. The number of halogens is 1. The van der Waals surface area contributed by atoms with E-state index in [0.717, 1.165) is 25.5 Å². The molecular weight excluding hydrogens is 235 g/mol. The van der Waals surface area contributed by atoms with Gasteiger partial charge in [0, 0.05) is 18.8 Å². The summed E-state index contributed by atoms with van der Waals surface area (Å²) in [6.07, 6.45) is 2.08. The fourth-order valence-electron chi connectivity index (χ4n) is 2.04. The fraction of sp³-hybridized carbons (Fsp3) is 0.462. The first kappa shape index (κ1) is 12.8. The maximum atomic E-state index is 12.9. The van der Waals surface area contributed by atoms with Crippen LogP contribution in [0.3, 0.4) is 0 Å². The van der Waals surface area contributed by atoms with Gasteiger partial charge in [-0.25, -0.2) is 4.39 Å². The molecule has 0 saturated carbocycles. The van der Waals surface area contributed by atoms with Crippen molar-refractivity contribution in [2.45, 2.75) is 12.8 Å². The van der Waals surface area contributed by atoms with Gasteiger partial charge >= 0.3 is 0 Å². The zero-order valence-corrected chi connectivity index (χ0v) is 10.1. The van der Waals surface area contributed by atoms with E-state index < -0.39 is 5.82 Å². The van der Waals surface area contributed by atoms with Crippen molar-refractivity contribution >= 4 is 11.6 Å². The molecule has 0 aromatic heterocycles. The van der Waals surface area contributed by atoms with Gasteiger partial charge < -0.3 is 15.8 Å². The molecule has 98 valence electrons. The highest BCUT2D eigenvalue weighted by Crippen LogP contribution is 2.15. The molecule has 1 aromatic carbocycles. The number of nitrogens with two attached hydrogens (primary N) is 1. The highest BCUT2D eigenvalue weighted by atomic mass is 19.1. The molecule has 0 spiro atoms. The molecule has 1 atom stereocenters. The second kappa shape index (κ2) is 5.82. The normalized spacial score (nSPS) is 19.5. The molecule has 0 aliphatic carbocycles. The van der Waals surface area contributed by atoms with Gasteiger partial charge in [0.15, 0.2) is 0 Å². The van der Waals surface area contributed by atoms with Crippen LogP contribution in [-0.2, 0) is 4.74 Å². The third kappa shape index (κ3) is 3.20. The first-order chi connectivity index (χ1) is 8.66. The molecule has 1 fully saturated rings. The van der Waals surface area contributed by atoms with Crippen LogP contribution in [0.2, 0.25) is 0 Å². The highest BCUT2D eigenvalue weighted by molar-refractivity contribution is 5.99. The van der Waals surface area contributed by atoms with E-state index in [2.05, 4.69) is 5.32 Å². The first-order valence-electron chi connectivity index (χ1n) is 6.08. The van der Waals surface area contributed by atoms with Crippen molar-refractivity contribution in [3.63, 3.8) is 0 Å². The number of carbonyl (C=O) groups excluding carboxylic acids is 1. The smallest absolute Gasteiger partial charge is 0.253 e. The van der Waals surface area contributed by atoms with E-state index in [9.17, 15) is 9.18 Å². The van der Waals surface area contributed by atoms with Crippen LogP contribution < -0.4 is 11.1 Å². The van der Waals surface area contributed by atoms with E-state index in [1.165, 1.54) is 12.1 Å². The summed E-state index contributed by atoms with van der Waals surface area (Å²) in [5, 5.41) is 2.81. The summed E-state index contributed by atoms with van der Waals surface area (Å²) in [6, 6.07) is 3.78. The van der Waals surface area contributed by atoms with E-state index in [-0.39, 0.29) is 11.6 Å². The van der Waals surface area contributed by atoms with Crippen LogP contribution in [0, 0.1) is 11.7 Å². The zero-order chi connectivity index (χ0) is 13.0. The Morgan fingerprint density at radius 2 is 2.39 bits per heavy atom. The lowest BCUT2D eigenvalue weighted by atomic mass is 10.0. The Kier molecular flexibility index (Phi) is 4.15. The average Bonchev–Trinajstić information content (AvgIpc) is 2.37. The molecule has 5 heteroatoms. The van der Waals surface area contributed by atoms with Crippen molar-refractivity contribution in [1.82, 2.24) is 5.32 Å². The van der Waals surface area contributed by atoms with Gasteiger partial charge in [0.2, 0.25) is 0 Å². The van der Waals surface area contributed by atoms with Crippen LogP contribution in [0.5, 0.6) is 0 Å². The highest BCUT2D eigenvalue weighted by Gasteiger charge is 2.16. The number of hydrogen-bond donors (Lipinski definition) is 2. The number of nitrogen functional groups attached to an aromatic ring is 1. The molecular formula is C13H17FN2O2. The predicted octanol–water partition coefficient (Wildman–Crippen LogP) is 1.56. The Labute approximate surface area is 105 Å². The van der Waals surface area contributed by atoms with Gasteiger partial charge in [-0.05, 0) is 37.0 Å². The van der Waals surface area contributed by atoms with Crippen LogP contribution in [0.15, 0.2) is 18.2 Å². The molecule has 0 radical (unpaired) electrons. The third-order valence-corrected chi connectivity index (χ3v) is 3.06. The van der Waals surface area contributed by atoms with Crippen molar-refractivity contribution in [2.24, 2.45) is 5.92 Å². The van der Waals surface area contributed by atoms with Gasteiger partial charge in [0.1, 0.15) is 5.82 Å². The summed E-state index contributed by atoms with van der Waals surface area (Å²) in [6.45, 7) is 2.05. The van der Waals surface area contributed by atoms with Crippen molar-refractivity contribution in [3.05, 3.63) is 29.6 Å². The molecule has 3 N–H and O–H groups in total. The number of anilines is 1. The monoisotopic (exact) mass is 252 g/mol. The van der Waals surface area contributed by atoms with E-state index >= 15 is 0 Å². The van der Waals surface area contributed by atoms with Crippen molar-refractivity contribution in [3.8, 4) is 0 Å². The van der Waals surface area contributed by atoms with Crippen LogP contribution in [0.1, 0.15) is 23.2 Å². The second-order valence-corrected chi connectivity index (χ2v) is 4.52. The van der Waals surface area contributed by atoms with Gasteiger partial charge in [-0.15, -0.1) is 0 Å². The van der Waals surface area contributed by atoms with Gasteiger partial charge in [-0.2, -0.15) is 0 Å². The SMILES string of the molecule is Nc1cc(F)ccc1C(=O)NCC1CCCOC1. The largest absolute Gasteiger partial charge is 0.398 e. The van der Waals surface area contributed by atoms with Crippen molar-refractivity contribution < 1.29 is 13.9 Å². The van der Waals surface area contributed by atoms with Gasteiger partial charge in [-0.3, -0.25) is 4.79 Å². The summed E-state index contributed by atoms with van der Waals surface area (Å²) >= 11 is 0.